The quantitative estimate of drug-likeness (QED) is 0.341. The van der Waals surface area contributed by atoms with E-state index < -0.39 is 0 Å². The number of guanidine groups is 1. The summed E-state index contributed by atoms with van der Waals surface area (Å²) < 4.78 is 12.4. The molecule has 22 heavy (non-hydrogen) atoms. The maximum atomic E-state index is 5.40. The number of nitrogens with zero attached hydrogens (tertiary/aromatic N) is 4. The number of aryl methyl sites for hydroxylation is 1. The fraction of sp³-hybridized carbons (Fsp3) is 0.786. The number of aromatic nitrogens is 3. The Morgan fingerprint density at radius 1 is 1.27 bits per heavy atom. The minimum atomic E-state index is 0.638. The minimum Gasteiger partial charge on any atom is -0.382 e. The number of aliphatic imine (C=N–C) groups is 1. The lowest BCUT2D eigenvalue weighted by Crippen LogP contribution is -2.39. The number of rotatable bonds is 11. The van der Waals surface area contributed by atoms with Crippen LogP contribution in [0.1, 0.15) is 19.2 Å². The highest BCUT2D eigenvalue weighted by molar-refractivity contribution is 5.79. The molecule has 0 aromatic carbocycles. The van der Waals surface area contributed by atoms with Crippen LogP contribution >= 0.6 is 0 Å². The van der Waals surface area contributed by atoms with Gasteiger partial charge in [0.2, 0.25) is 0 Å². The van der Waals surface area contributed by atoms with Crippen molar-refractivity contribution in [2.24, 2.45) is 4.99 Å². The van der Waals surface area contributed by atoms with E-state index in [9.17, 15) is 0 Å². The van der Waals surface area contributed by atoms with Crippen molar-refractivity contribution >= 4 is 5.96 Å². The molecule has 0 fully saturated rings. The second-order valence-electron chi connectivity index (χ2n) is 4.68. The van der Waals surface area contributed by atoms with Gasteiger partial charge in [0.1, 0.15) is 12.2 Å². The molecule has 0 aliphatic rings. The molecule has 0 aliphatic carbocycles. The minimum absolute atomic E-state index is 0.638. The third-order valence-electron chi connectivity index (χ3n) is 3.07. The lowest BCUT2D eigenvalue weighted by molar-refractivity contribution is 0.0698. The van der Waals surface area contributed by atoms with Crippen molar-refractivity contribution in [1.82, 2.24) is 25.4 Å². The summed E-state index contributed by atoms with van der Waals surface area (Å²) in [4.78, 5) is 4.19. The van der Waals surface area contributed by atoms with Crippen LogP contribution in [0.15, 0.2) is 11.3 Å². The van der Waals surface area contributed by atoms with Crippen LogP contribution in [0, 0.1) is 0 Å². The van der Waals surface area contributed by atoms with Gasteiger partial charge in [-0.2, -0.15) is 0 Å². The highest BCUT2D eigenvalue weighted by Crippen LogP contribution is 1.94. The molecule has 0 saturated carbocycles. The largest absolute Gasteiger partial charge is 0.382 e. The predicted octanol–water partition coefficient (Wildman–Crippen LogP) is 0.0586. The van der Waals surface area contributed by atoms with Crippen molar-refractivity contribution in [1.29, 1.82) is 0 Å². The van der Waals surface area contributed by atoms with E-state index in [0.29, 0.717) is 19.8 Å². The first-order chi connectivity index (χ1) is 10.8. The zero-order valence-corrected chi connectivity index (χ0v) is 13.8. The first kappa shape index (κ1) is 18.4. The molecule has 0 spiro atoms. The fourth-order valence-corrected chi connectivity index (χ4v) is 1.88. The van der Waals surface area contributed by atoms with Crippen LogP contribution in [-0.2, 0) is 22.4 Å². The zero-order chi connectivity index (χ0) is 16.0. The average molecular weight is 312 g/mol. The first-order valence-electron chi connectivity index (χ1n) is 7.69. The van der Waals surface area contributed by atoms with Crippen LogP contribution in [-0.4, -0.2) is 67.8 Å². The molecule has 126 valence electrons. The topological polar surface area (TPSA) is 85.6 Å². The average Bonchev–Trinajstić information content (AvgIpc) is 2.99. The highest BCUT2D eigenvalue weighted by Gasteiger charge is 2.02. The summed E-state index contributed by atoms with van der Waals surface area (Å²) in [5, 5.41) is 14.5. The molecule has 8 heteroatoms. The molecule has 0 atom stereocenters. The van der Waals surface area contributed by atoms with Gasteiger partial charge < -0.3 is 24.7 Å². The van der Waals surface area contributed by atoms with Gasteiger partial charge in [-0.1, -0.05) is 6.92 Å². The van der Waals surface area contributed by atoms with Crippen LogP contribution in [0.3, 0.4) is 0 Å². The maximum Gasteiger partial charge on any atom is 0.191 e. The molecule has 1 rings (SSSR count). The van der Waals surface area contributed by atoms with E-state index >= 15 is 0 Å². The summed E-state index contributed by atoms with van der Waals surface area (Å²) >= 11 is 0. The number of hydrogen-bond donors (Lipinski definition) is 2. The number of ether oxygens (including phenoxy) is 2. The standard InChI is InChI=1S/C14H28N6O2/c1-4-13-19-18-12-20(13)8-7-17-14(15-2)16-6-5-9-22-11-10-21-3/h12H,4-11H2,1-3H3,(H2,15,16,17). The van der Waals surface area contributed by atoms with Crippen LogP contribution in [0.2, 0.25) is 0 Å². The molecular formula is C14H28N6O2. The highest BCUT2D eigenvalue weighted by atomic mass is 16.5. The summed E-state index contributed by atoms with van der Waals surface area (Å²) in [6.07, 6.45) is 3.57. The van der Waals surface area contributed by atoms with E-state index in [2.05, 4.69) is 32.7 Å². The Morgan fingerprint density at radius 3 is 2.82 bits per heavy atom. The summed E-state index contributed by atoms with van der Waals surface area (Å²) in [6.45, 7) is 6.48. The molecule has 0 bridgehead atoms. The summed E-state index contributed by atoms with van der Waals surface area (Å²) in [7, 11) is 3.44. The van der Waals surface area contributed by atoms with E-state index in [1.807, 2.05) is 4.57 Å². The van der Waals surface area contributed by atoms with E-state index in [0.717, 1.165) is 44.3 Å². The third-order valence-corrected chi connectivity index (χ3v) is 3.07. The van der Waals surface area contributed by atoms with Gasteiger partial charge in [-0.05, 0) is 6.42 Å². The number of nitrogens with one attached hydrogen (secondary N) is 2. The molecule has 0 amide bonds. The zero-order valence-electron chi connectivity index (χ0n) is 13.8. The number of hydrogen-bond acceptors (Lipinski definition) is 5. The van der Waals surface area contributed by atoms with Gasteiger partial charge in [-0.3, -0.25) is 4.99 Å². The first-order valence-corrected chi connectivity index (χ1v) is 7.69. The molecule has 8 nitrogen and oxygen atoms in total. The maximum absolute atomic E-state index is 5.40. The van der Waals surface area contributed by atoms with Crippen molar-refractivity contribution in [2.45, 2.75) is 26.3 Å². The van der Waals surface area contributed by atoms with E-state index in [4.69, 9.17) is 9.47 Å². The number of methoxy groups -OCH3 is 1. The second-order valence-corrected chi connectivity index (χ2v) is 4.68. The second kappa shape index (κ2) is 11.9. The Kier molecular flexibility index (Phi) is 9.97. The Morgan fingerprint density at radius 2 is 2.09 bits per heavy atom. The van der Waals surface area contributed by atoms with Crippen LogP contribution < -0.4 is 10.6 Å². The van der Waals surface area contributed by atoms with Gasteiger partial charge in [0, 0.05) is 46.8 Å². The lowest BCUT2D eigenvalue weighted by atomic mass is 10.4. The van der Waals surface area contributed by atoms with Crippen LogP contribution in [0.5, 0.6) is 0 Å². The van der Waals surface area contributed by atoms with Gasteiger partial charge >= 0.3 is 0 Å². The summed E-state index contributed by atoms with van der Waals surface area (Å²) in [6, 6.07) is 0. The van der Waals surface area contributed by atoms with Gasteiger partial charge in [0.25, 0.3) is 0 Å². The van der Waals surface area contributed by atoms with Gasteiger partial charge in [0.15, 0.2) is 5.96 Å². The monoisotopic (exact) mass is 312 g/mol. The van der Waals surface area contributed by atoms with Gasteiger partial charge in [-0.15, -0.1) is 10.2 Å². The van der Waals surface area contributed by atoms with Crippen molar-refractivity contribution in [3.63, 3.8) is 0 Å². The van der Waals surface area contributed by atoms with E-state index in [-0.39, 0.29) is 0 Å². The fourth-order valence-electron chi connectivity index (χ4n) is 1.88. The van der Waals surface area contributed by atoms with E-state index in [1.54, 1.807) is 20.5 Å². The molecule has 0 saturated heterocycles. The Bertz CT molecular complexity index is 421. The molecule has 2 N–H and O–H groups in total. The third kappa shape index (κ3) is 7.37. The van der Waals surface area contributed by atoms with Crippen molar-refractivity contribution < 1.29 is 9.47 Å². The Hall–Kier alpha value is -1.67. The van der Waals surface area contributed by atoms with Crippen molar-refractivity contribution in [3.8, 4) is 0 Å². The normalized spacial score (nSPS) is 11.7. The molecule has 0 radical (unpaired) electrons. The van der Waals surface area contributed by atoms with Crippen molar-refractivity contribution in [3.05, 3.63) is 12.2 Å². The SMILES string of the molecule is CCc1nncn1CCNC(=NC)NCCCOCCOC. The molecule has 0 aliphatic heterocycles. The van der Waals surface area contributed by atoms with Gasteiger partial charge in [-0.25, -0.2) is 0 Å². The van der Waals surface area contributed by atoms with Crippen molar-refractivity contribution in [2.75, 3.05) is 47.1 Å². The van der Waals surface area contributed by atoms with Gasteiger partial charge in [0.05, 0.1) is 13.2 Å². The van der Waals surface area contributed by atoms with E-state index in [1.165, 1.54) is 0 Å². The summed E-state index contributed by atoms with van der Waals surface area (Å²) in [5.41, 5.74) is 0. The molecule has 1 aromatic rings. The lowest BCUT2D eigenvalue weighted by Gasteiger charge is -2.12. The summed E-state index contributed by atoms with van der Waals surface area (Å²) in [5.74, 6) is 1.79. The molecular weight excluding hydrogens is 284 g/mol. The predicted molar refractivity (Wildman–Crippen MR) is 86.1 cm³/mol. The molecule has 1 heterocycles. The molecule has 0 unspecified atom stereocenters. The Balaban J connectivity index is 2.10. The van der Waals surface area contributed by atoms with Crippen LogP contribution in [0.4, 0.5) is 0 Å². The smallest absolute Gasteiger partial charge is 0.191 e. The molecule has 1 aromatic heterocycles. The Labute approximate surface area is 132 Å². The van der Waals surface area contributed by atoms with Crippen LogP contribution in [0.25, 0.3) is 0 Å².